The molecule has 2 heterocycles. The van der Waals surface area contributed by atoms with Crippen molar-refractivity contribution in [2.24, 2.45) is 0 Å². The van der Waals surface area contributed by atoms with Crippen molar-refractivity contribution in [3.05, 3.63) is 69.4 Å². The van der Waals surface area contributed by atoms with Crippen molar-refractivity contribution in [3.63, 3.8) is 0 Å². The van der Waals surface area contributed by atoms with Crippen molar-refractivity contribution in [1.82, 2.24) is 15.1 Å². The summed E-state index contributed by atoms with van der Waals surface area (Å²) >= 11 is 0. The van der Waals surface area contributed by atoms with E-state index >= 15 is 0 Å². The number of benzene rings is 2. The van der Waals surface area contributed by atoms with Crippen molar-refractivity contribution >= 4 is 23.5 Å². The Bertz CT molecular complexity index is 1520. The number of ether oxygens (including phenoxy) is 1. The van der Waals surface area contributed by atoms with Gasteiger partial charge in [0.15, 0.2) is 0 Å². The molecule has 12 heteroatoms. The summed E-state index contributed by atoms with van der Waals surface area (Å²) in [5.41, 5.74) is 1.28. The standard InChI is InChI=1S/C27H27F2N5O5/c1-15-5-7-17(10-21(15)31-24(36)39-25(2,3)4)33-11-19(22(32-33)34(37)38)16-6-8-18-20(9-16)26(14-30-23(18)35)12-27(28,29)13-26/h5-11H,12-14H2,1-4H3,(H,30,35)(H,31,36). The van der Waals surface area contributed by atoms with E-state index in [1.54, 1.807) is 58.0 Å². The molecule has 1 aliphatic heterocycles. The van der Waals surface area contributed by atoms with E-state index in [9.17, 15) is 28.5 Å². The molecule has 39 heavy (non-hydrogen) atoms. The number of carbonyl (C=O) groups excluding carboxylic acids is 2. The summed E-state index contributed by atoms with van der Waals surface area (Å²) in [6.45, 7) is 7.09. The minimum Gasteiger partial charge on any atom is -0.444 e. The molecule has 1 aliphatic carbocycles. The molecular formula is C27H27F2N5O5. The maximum atomic E-state index is 13.9. The zero-order chi connectivity index (χ0) is 28.3. The van der Waals surface area contributed by atoms with Gasteiger partial charge in [-0.25, -0.2) is 13.6 Å². The van der Waals surface area contributed by atoms with Crippen LogP contribution in [-0.4, -0.2) is 44.8 Å². The van der Waals surface area contributed by atoms with Crippen molar-refractivity contribution < 1.29 is 28.0 Å². The van der Waals surface area contributed by atoms with Gasteiger partial charge >= 0.3 is 11.9 Å². The predicted molar refractivity (Wildman–Crippen MR) is 138 cm³/mol. The molecule has 1 aromatic heterocycles. The van der Waals surface area contributed by atoms with Gasteiger partial charge in [-0.15, -0.1) is 4.68 Å². The summed E-state index contributed by atoms with van der Waals surface area (Å²) in [4.78, 5) is 36.1. The minimum atomic E-state index is -2.83. The Morgan fingerprint density at radius 3 is 2.54 bits per heavy atom. The molecule has 0 saturated heterocycles. The van der Waals surface area contributed by atoms with E-state index in [1.807, 2.05) is 0 Å². The summed E-state index contributed by atoms with van der Waals surface area (Å²) in [5, 5.41) is 21.5. The second kappa shape index (κ2) is 8.85. The van der Waals surface area contributed by atoms with Gasteiger partial charge in [-0.2, -0.15) is 0 Å². The number of fused-ring (bicyclic) bond motifs is 2. The maximum absolute atomic E-state index is 13.9. The molecule has 5 rings (SSSR count). The second-order valence-electron chi connectivity index (χ2n) is 11.1. The normalized spacial score (nSPS) is 17.1. The smallest absolute Gasteiger partial charge is 0.412 e. The highest BCUT2D eigenvalue weighted by Gasteiger charge is 2.59. The molecule has 2 N–H and O–H groups in total. The molecule has 2 aliphatic rings. The summed E-state index contributed by atoms with van der Waals surface area (Å²) in [7, 11) is 0. The Morgan fingerprint density at radius 1 is 1.18 bits per heavy atom. The van der Waals surface area contributed by atoms with Gasteiger partial charge in [-0.3, -0.25) is 10.1 Å². The molecule has 2 amide bonds. The Hall–Kier alpha value is -4.35. The quantitative estimate of drug-likeness (QED) is 0.332. The van der Waals surface area contributed by atoms with Crippen LogP contribution in [0.1, 0.15) is 55.1 Å². The van der Waals surface area contributed by atoms with Gasteiger partial charge in [0.05, 0.1) is 17.0 Å². The van der Waals surface area contributed by atoms with Crippen LogP contribution in [0.4, 0.5) is 25.1 Å². The summed E-state index contributed by atoms with van der Waals surface area (Å²) in [6.07, 6.45) is -0.000257. The number of nitro groups is 1. The molecule has 1 spiro atoms. The molecular weight excluding hydrogens is 512 g/mol. The average molecular weight is 540 g/mol. The number of aromatic nitrogens is 2. The highest BCUT2D eigenvalue weighted by atomic mass is 19.3. The maximum Gasteiger partial charge on any atom is 0.412 e. The predicted octanol–water partition coefficient (Wildman–Crippen LogP) is 5.51. The lowest BCUT2D eigenvalue weighted by atomic mass is 9.59. The van der Waals surface area contributed by atoms with Crippen molar-refractivity contribution in [2.45, 2.75) is 57.5 Å². The Morgan fingerprint density at radius 2 is 1.90 bits per heavy atom. The number of anilines is 1. The first-order chi connectivity index (χ1) is 18.2. The van der Waals surface area contributed by atoms with E-state index in [0.717, 1.165) is 5.56 Å². The Labute approximate surface area is 222 Å². The molecule has 1 fully saturated rings. The third-order valence-electron chi connectivity index (χ3n) is 6.92. The lowest BCUT2D eigenvalue weighted by molar-refractivity contribution is -0.389. The fourth-order valence-electron chi connectivity index (χ4n) is 5.18. The number of aryl methyl sites for hydroxylation is 1. The van der Waals surface area contributed by atoms with Crippen LogP contribution in [0.5, 0.6) is 0 Å². The molecule has 2 aromatic carbocycles. The number of amides is 2. The van der Waals surface area contributed by atoms with Crippen LogP contribution in [0.3, 0.4) is 0 Å². The summed E-state index contributed by atoms with van der Waals surface area (Å²) < 4.78 is 34.5. The number of alkyl halides is 2. The third-order valence-corrected chi connectivity index (χ3v) is 6.92. The fraction of sp³-hybridized carbons (Fsp3) is 0.370. The van der Waals surface area contributed by atoms with E-state index in [-0.39, 0.29) is 23.6 Å². The van der Waals surface area contributed by atoms with Gasteiger partial charge in [-0.05, 0) is 73.6 Å². The molecule has 10 nitrogen and oxygen atoms in total. The third kappa shape index (κ3) is 4.93. The fourth-order valence-corrected chi connectivity index (χ4v) is 5.18. The van der Waals surface area contributed by atoms with Crippen molar-refractivity contribution in [3.8, 4) is 16.8 Å². The number of nitrogens with one attached hydrogen (secondary N) is 2. The van der Waals surface area contributed by atoms with Gasteiger partial charge in [0.1, 0.15) is 11.2 Å². The van der Waals surface area contributed by atoms with Gasteiger partial charge in [-0.1, -0.05) is 12.1 Å². The number of hydrogen-bond donors (Lipinski definition) is 2. The lowest BCUT2D eigenvalue weighted by Crippen LogP contribution is -2.58. The largest absolute Gasteiger partial charge is 0.444 e. The van der Waals surface area contributed by atoms with Crippen LogP contribution in [0, 0.1) is 17.0 Å². The van der Waals surface area contributed by atoms with Crippen molar-refractivity contribution in [2.75, 3.05) is 11.9 Å². The molecule has 0 unspecified atom stereocenters. The van der Waals surface area contributed by atoms with Crippen LogP contribution in [0.15, 0.2) is 42.6 Å². The van der Waals surface area contributed by atoms with Crippen LogP contribution in [-0.2, 0) is 10.2 Å². The van der Waals surface area contributed by atoms with E-state index in [1.165, 1.54) is 16.9 Å². The molecule has 0 atom stereocenters. The monoisotopic (exact) mass is 539 g/mol. The first-order valence-corrected chi connectivity index (χ1v) is 12.3. The van der Waals surface area contributed by atoms with E-state index in [2.05, 4.69) is 15.7 Å². The van der Waals surface area contributed by atoms with E-state index in [0.29, 0.717) is 22.5 Å². The molecule has 204 valence electrons. The zero-order valence-corrected chi connectivity index (χ0v) is 21.8. The molecule has 1 saturated carbocycles. The highest BCUT2D eigenvalue weighted by molar-refractivity contribution is 5.98. The Balaban J connectivity index is 1.53. The number of hydrogen-bond acceptors (Lipinski definition) is 6. The zero-order valence-electron chi connectivity index (χ0n) is 21.8. The highest BCUT2D eigenvalue weighted by Crippen LogP contribution is 2.55. The number of rotatable bonds is 4. The minimum absolute atomic E-state index is 0.0794. The van der Waals surface area contributed by atoms with Gasteiger partial charge in [0, 0.05) is 36.1 Å². The number of halogens is 2. The molecule has 0 bridgehead atoms. The first kappa shape index (κ1) is 26.3. The van der Waals surface area contributed by atoms with Crippen LogP contribution < -0.4 is 10.6 Å². The first-order valence-electron chi connectivity index (χ1n) is 12.3. The SMILES string of the molecule is Cc1ccc(-n2cc(-c3ccc4c(c3)C3(CNC4=O)CC(F)(F)C3)c([N+](=O)[O-])n2)cc1NC(=O)OC(C)(C)C. The van der Waals surface area contributed by atoms with E-state index in [4.69, 9.17) is 4.74 Å². The lowest BCUT2D eigenvalue weighted by Gasteiger charge is -2.50. The van der Waals surface area contributed by atoms with Gasteiger partial charge in [0.2, 0.25) is 5.92 Å². The second-order valence-corrected chi connectivity index (χ2v) is 11.1. The van der Waals surface area contributed by atoms with E-state index < -0.39 is 46.6 Å². The summed E-state index contributed by atoms with van der Waals surface area (Å²) in [6, 6.07) is 9.68. The molecule has 3 aromatic rings. The van der Waals surface area contributed by atoms with Crippen LogP contribution in [0.25, 0.3) is 16.8 Å². The average Bonchev–Trinajstić information content (AvgIpc) is 3.26. The van der Waals surface area contributed by atoms with Crippen LogP contribution in [0.2, 0.25) is 0 Å². The van der Waals surface area contributed by atoms with Crippen molar-refractivity contribution in [1.29, 1.82) is 0 Å². The molecule has 0 radical (unpaired) electrons. The van der Waals surface area contributed by atoms with Crippen LogP contribution >= 0.6 is 0 Å². The Kier molecular flexibility index (Phi) is 5.96. The number of carbonyl (C=O) groups is 2. The van der Waals surface area contributed by atoms with Gasteiger partial charge in [0.25, 0.3) is 5.91 Å². The topological polar surface area (TPSA) is 128 Å². The number of nitrogens with zero attached hydrogens (tertiary/aromatic N) is 3. The van der Waals surface area contributed by atoms with Gasteiger partial charge < -0.3 is 20.2 Å². The summed E-state index contributed by atoms with van der Waals surface area (Å²) in [5.74, 6) is -3.64.